The highest BCUT2D eigenvalue weighted by molar-refractivity contribution is 5.92. The van der Waals surface area contributed by atoms with Gasteiger partial charge in [0.2, 0.25) is 0 Å². The van der Waals surface area contributed by atoms with Crippen molar-refractivity contribution in [1.82, 2.24) is 35.1 Å². The van der Waals surface area contributed by atoms with E-state index in [2.05, 4.69) is 25.7 Å². The van der Waals surface area contributed by atoms with Crippen molar-refractivity contribution in [3.63, 3.8) is 0 Å². The zero-order valence-corrected chi connectivity index (χ0v) is 20.0. The van der Waals surface area contributed by atoms with Crippen molar-refractivity contribution in [1.29, 1.82) is 0 Å². The highest BCUT2D eigenvalue weighted by atomic mass is 19.4. The van der Waals surface area contributed by atoms with Gasteiger partial charge in [0.1, 0.15) is 11.5 Å². The lowest BCUT2D eigenvalue weighted by molar-refractivity contribution is -0.140. The number of nitrogens with zero attached hydrogens (tertiary/aromatic N) is 6. The predicted molar refractivity (Wildman–Crippen MR) is 127 cm³/mol. The molecule has 0 radical (unpaired) electrons. The van der Waals surface area contributed by atoms with Crippen LogP contribution >= 0.6 is 0 Å². The zero-order chi connectivity index (χ0) is 27.0. The molecule has 0 aliphatic heterocycles. The molecule has 1 N–H and O–H groups in total. The summed E-state index contributed by atoms with van der Waals surface area (Å²) in [5.74, 6) is -2.27. The monoisotopic (exact) mass is 527 g/mol. The van der Waals surface area contributed by atoms with Crippen LogP contribution in [0, 0.1) is 5.82 Å². The number of carbonyl (C=O) groups is 1. The van der Waals surface area contributed by atoms with Crippen molar-refractivity contribution in [2.24, 2.45) is 0 Å². The van der Waals surface area contributed by atoms with Crippen LogP contribution in [-0.4, -0.2) is 35.7 Å². The van der Waals surface area contributed by atoms with E-state index in [9.17, 15) is 27.2 Å². The van der Waals surface area contributed by atoms with E-state index in [0.29, 0.717) is 11.6 Å². The van der Waals surface area contributed by atoms with Crippen LogP contribution in [0.4, 0.5) is 17.6 Å². The molecule has 1 fully saturated rings. The Morgan fingerprint density at radius 1 is 1.13 bits per heavy atom. The number of hydrogen-bond donors (Lipinski definition) is 1. The van der Waals surface area contributed by atoms with Crippen LogP contribution in [0.3, 0.4) is 0 Å². The molecule has 196 valence electrons. The normalized spacial score (nSPS) is 14.7. The summed E-state index contributed by atoms with van der Waals surface area (Å²) in [6.45, 7) is 1.35. The minimum Gasteiger partial charge on any atom is -0.344 e. The lowest BCUT2D eigenvalue weighted by atomic mass is 9.93. The van der Waals surface area contributed by atoms with Crippen LogP contribution in [0.15, 0.2) is 59.8 Å². The summed E-state index contributed by atoms with van der Waals surface area (Å²) >= 11 is 0. The first-order valence-electron chi connectivity index (χ1n) is 11.8. The zero-order valence-electron chi connectivity index (χ0n) is 20.0. The Morgan fingerprint density at radius 2 is 1.92 bits per heavy atom. The van der Waals surface area contributed by atoms with E-state index in [4.69, 9.17) is 0 Å². The highest BCUT2D eigenvalue weighted by Crippen LogP contribution is 2.35. The quantitative estimate of drug-likeness (QED) is 0.376. The van der Waals surface area contributed by atoms with Gasteiger partial charge in [0, 0.05) is 23.4 Å². The minimum absolute atomic E-state index is 0.199. The summed E-state index contributed by atoms with van der Waals surface area (Å²) in [6.07, 6.45) is 2.81. The van der Waals surface area contributed by atoms with E-state index in [1.165, 1.54) is 19.2 Å². The molecule has 1 aliphatic carbocycles. The largest absolute Gasteiger partial charge is 0.419 e. The number of rotatable bonds is 6. The molecule has 3 heterocycles. The molecule has 1 aliphatic rings. The fourth-order valence-electron chi connectivity index (χ4n) is 4.20. The number of benzene rings is 1. The number of amides is 1. The smallest absolute Gasteiger partial charge is 0.344 e. The average molecular weight is 527 g/mol. The number of halogens is 4. The Hall–Kier alpha value is -4.42. The van der Waals surface area contributed by atoms with E-state index in [0.717, 1.165) is 47.8 Å². The molecule has 0 spiro atoms. The summed E-state index contributed by atoms with van der Waals surface area (Å²) in [7, 11) is 0. The molecule has 1 aromatic carbocycles. The lowest BCUT2D eigenvalue weighted by Gasteiger charge is -2.26. The van der Waals surface area contributed by atoms with E-state index < -0.39 is 35.1 Å². The van der Waals surface area contributed by atoms with Gasteiger partial charge in [-0.3, -0.25) is 14.6 Å². The second kappa shape index (κ2) is 9.80. The molecular formula is C25H21F4N7O2. The first-order valence-corrected chi connectivity index (χ1v) is 11.8. The van der Waals surface area contributed by atoms with Crippen molar-refractivity contribution in [2.75, 3.05) is 0 Å². The Morgan fingerprint density at radius 3 is 2.63 bits per heavy atom. The minimum atomic E-state index is -4.88. The number of aromatic nitrogens is 6. The van der Waals surface area contributed by atoms with Gasteiger partial charge in [0.15, 0.2) is 0 Å². The van der Waals surface area contributed by atoms with Crippen molar-refractivity contribution >= 4 is 5.91 Å². The topological polar surface area (TPSA) is 108 Å². The van der Waals surface area contributed by atoms with Gasteiger partial charge in [-0.1, -0.05) is 17.3 Å². The van der Waals surface area contributed by atoms with E-state index >= 15 is 0 Å². The lowest BCUT2D eigenvalue weighted by Crippen LogP contribution is -2.31. The average Bonchev–Trinajstić information content (AvgIpc) is 3.31. The SMILES string of the molecule is C[C@@H](NC(=O)c1ccc(=O)n(-c2cncc(-c3cnnn3C3CCC3)c2)n1)c1cccc(C(F)(F)F)c1F. The molecule has 38 heavy (non-hydrogen) atoms. The van der Waals surface area contributed by atoms with Crippen LogP contribution in [-0.2, 0) is 6.18 Å². The van der Waals surface area contributed by atoms with Gasteiger partial charge in [-0.15, -0.1) is 5.10 Å². The third-order valence-corrected chi connectivity index (χ3v) is 6.44. The van der Waals surface area contributed by atoms with E-state index in [-0.39, 0.29) is 23.0 Å². The van der Waals surface area contributed by atoms with Crippen LogP contribution in [0.2, 0.25) is 0 Å². The van der Waals surface area contributed by atoms with Gasteiger partial charge >= 0.3 is 6.18 Å². The molecule has 0 unspecified atom stereocenters. The number of carbonyl (C=O) groups excluding carboxylic acids is 1. The maximum absolute atomic E-state index is 14.5. The molecule has 1 atom stereocenters. The maximum atomic E-state index is 14.5. The second-order valence-electron chi connectivity index (χ2n) is 8.95. The standard InChI is InChI=1S/C25H21F4N7O2/c1-14(18-6-3-7-19(23(18)26)25(27,28)29)32-24(38)20-8-9-22(37)36(33-20)17-10-15(11-30-12-17)21-13-31-34-35(21)16-4-2-5-16/h3,6-14,16H,2,4-5H2,1H3,(H,32,38)/t14-/m1/s1. The van der Waals surface area contributed by atoms with Gasteiger partial charge in [-0.25, -0.2) is 9.07 Å². The molecule has 1 saturated carbocycles. The molecule has 4 aromatic rings. The number of alkyl halides is 3. The molecule has 9 nitrogen and oxygen atoms in total. The molecular weight excluding hydrogens is 506 g/mol. The fourth-order valence-corrected chi connectivity index (χ4v) is 4.20. The van der Waals surface area contributed by atoms with Crippen molar-refractivity contribution in [3.8, 4) is 16.9 Å². The first kappa shape index (κ1) is 25.2. The Labute approximate surface area is 213 Å². The summed E-state index contributed by atoms with van der Waals surface area (Å²) < 4.78 is 56.6. The second-order valence-corrected chi connectivity index (χ2v) is 8.95. The predicted octanol–water partition coefficient (Wildman–Crippen LogP) is 4.26. The molecule has 13 heteroatoms. The van der Waals surface area contributed by atoms with Gasteiger partial charge in [0.05, 0.1) is 41.4 Å². The summed E-state index contributed by atoms with van der Waals surface area (Å²) in [5, 5.41) is 14.7. The van der Waals surface area contributed by atoms with Crippen LogP contribution in [0.25, 0.3) is 16.9 Å². The van der Waals surface area contributed by atoms with Crippen molar-refractivity contribution < 1.29 is 22.4 Å². The number of nitrogens with one attached hydrogen (secondary N) is 1. The molecule has 1 amide bonds. The van der Waals surface area contributed by atoms with Gasteiger partial charge < -0.3 is 5.32 Å². The number of hydrogen-bond acceptors (Lipinski definition) is 6. The first-order chi connectivity index (χ1) is 18.1. The fraction of sp³-hybridized carbons (Fsp3) is 0.280. The molecule has 0 bridgehead atoms. The summed E-state index contributed by atoms with van der Waals surface area (Å²) in [5.41, 5.74) is -0.849. The summed E-state index contributed by atoms with van der Waals surface area (Å²) in [4.78, 5) is 29.7. The van der Waals surface area contributed by atoms with E-state index in [1.54, 1.807) is 18.5 Å². The van der Waals surface area contributed by atoms with Gasteiger partial charge in [0.25, 0.3) is 11.5 Å². The molecule has 5 rings (SSSR count). The third kappa shape index (κ3) is 4.78. The van der Waals surface area contributed by atoms with Gasteiger partial charge in [-0.2, -0.15) is 23.0 Å². The highest BCUT2D eigenvalue weighted by Gasteiger charge is 2.35. The third-order valence-electron chi connectivity index (χ3n) is 6.44. The van der Waals surface area contributed by atoms with Gasteiger partial charge in [-0.05, 0) is 44.4 Å². The van der Waals surface area contributed by atoms with Crippen molar-refractivity contribution in [2.45, 2.75) is 44.4 Å². The van der Waals surface area contributed by atoms with Crippen LogP contribution < -0.4 is 10.9 Å². The molecule has 3 aromatic heterocycles. The van der Waals surface area contributed by atoms with Crippen LogP contribution in [0.1, 0.15) is 59.9 Å². The molecule has 0 saturated heterocycles. The summed E-state index contributed by atoms with van der Waals surface area (Å²) in [6, 6.07) is 5.95. The Bertz CT molecular complexity index is 1560. The Balaban J connectivity index is 1.41. The van der Waals surface area contributed by atoms with E-state index in [1.807, 2.05) is 4.68 Å². The van der Waals surface area contributed by atoms with Crippen LogP contribution in [0.5, 0.6) is 0 Å². The van der Waals surface area contributed by atoms with Crippen molar-refractivity contribution in [3.05, 3.63) is 88.0 Å². The maximum Gasteiger partial charge on any atom is 0.419 e. The Kier molecular flexibility index (Phi) is 6.51. The number of pyridine rings is 1.